The van der Waals surface area contributed by atoms with Gasteiger partial charge in [0.05, 0.1) is 41.7 Å². The van der Waals surface area contributed by atoms with Crippen LogP contribution in [0, 0.1) is 0 Å². The largest absolute Gasteiger partial charge is 0.446 e. The van der Waals surface area contributed by atoms with Crippen LogP contribution >= 0.6 is 15.9 Å². The van der Waals surface area contributed by atoms with E-state index >= 15 is 0 Å². The maximum atomic E-state index is 13.6. The minimum absolute atomic E-state index is 0.0377. The third kappa shape index (κ3) is 6.73. The molecule has 1 aromatic carbocycles. The topological polar surface area (TPSA) is 89.3 Å². The van der Waals surface area contributed by atoms with Crippen molar-refractivity contribution in [3.63, 3.8) is 0 Å². The van der Waals surface area contributed by atoms with Crippen LogP contribution in [0.25, 0.3) is 0 Å². The second-order valence-electron chi connectivity index (χ2n) is 9.78. The Kier molecular flexibility index (Phi) is 8.52. The lowest BCUT2D eigenvalue weighted by Gasteiger charge is -2.43. The summed E-state index contributed by atoms with van der Waals surface area (Å²) in [7, 11) is 1.48. The number of amides is 1. The highest BCUT2D eigenvalue weighted by Gasteiger charge is 2.42. The first-order valence-electron chi connectivity index (χ1n) is 12.5. The van der Waals surface area contributed by atoms with Crippen LogP contribution in [0.5, 0.6) is 0 Å². The van der Waals surface area contributed by atoms with Crippen LogP contribution in [0.15, 0.2) is 34.9 Å². The maximum Gasteiger partial charge on any atom is 0.416 e. The molecule has 4 rings (SSSR count). The zero-order valence-electron chi connectivity index (χ0n) is 22.3. The number of aryl methyl sites for hydroxylation is 1. The number of rotatable bonds is 6. The highest BCUT2D eigenvalue weighted by molar-refractivity contribution is 9.10. The molecule has 0 saturated heterocycles. The lowest BCUT2D eigenvalue weighted by molar-refractivity contribution is -0.143. The highest BCUT2D eigenvalue weighted by atomic mass is 79.9. The lowest BCUT2D eigenvalue weighted by Crippen LogP contribution is -2.48. The summed E-state index contributed by atoms with van der Waals surface area (Å²) in [5.74, 6) is -0.0377. The van der Waals surface area contributed by atoms with Gasteiger partial charge in [-0.15, -0.1) is 5.10 Å². The first-order valence-corrected chi connectivity index (χ1v) is 13.3. The molecule has 3 heterocycles. The van der Waals surface area contributed by atoms with E-state index in [-0.39, 0.29) is 24.0 Å². The number of anilines is 2. The molecule has 0 aliphatic carbocycles. The molecule has 0 bridgehead atoms. The number of halogens is 7. The van der Waals surface area contributed by atoms with Gasteiger partial charge >= 0.3 is 18.4 Å². The van der Waals surface area contributed by atoms with E-state index in [1.165, 1.54) is 16.8 Å². The predicted octanol–water partition coefficient (Wildman–Crippen LogP) is 6.69. The number of alkyl halides is 6. The van der Waals surface area contributed by atoms with Gasteiger partial charge in [0, 0.05) is 12.6 Å². The van der Waals surface area contributed by atoms with E-state index in [1.807, 2.05) is 6.92 Å². The normalized spacial score (nSPS) is 17.5. The van der Waals surface area contributed by atoms with Crippen LogP contribution in [-0.4, -0.2) is 43.4 Å². The summed E-state index contributed by atoms with van der Waals surface area (Å²) in [6, 6.07) is 3.47. The number of hydrogen-bond acceptors (Lipinski definition) is 7. The van der Waals surface area contributed by atoms with Gasteiger partial charge in [-0.05, 0) is 83.7 Å². The summed E-state index contributed by atoms with van der Waals surface area (Å²) < 4.78 is 87.6. The smallest absolute Gasteiger partial charge is 0.416 e. The van der Waals surface area contributed by atoms with E-state index in [2.05, 4.69) is 36.3 Å². The molecule has 16 heteroatoms. The van der Waals surface area contributed by atoms with Crippen molar-refractivity contribution in [1.29, 1.82) is 0 Å². The van der Waals surface area contributed by atoms with Gasteiger partial charge in [0.25, 0.3) is 5.95 Å². The molecule has 2 atom stereocenters. The van der Waals surface area contributed by atoms with Gasteiger partial charge in [0.2, 0.25) is 0 Å². The summed E-state index contributed by atoms with van der Waals surface area (Å²) in [4.78, 5) is 21.7. The number of fused-ring (bicyclic) bond motifs is 1. The Morgan fingerprint density at radius 3 is 2.27 bits per heavy atom. The van der Waals surface area contributed by atoms with E-state index in [0.29, 0.717) is 34.5 Å². The molecule has 3 aromatic rings. The minimum Gasteiger partial charge on any atom is -0.446 e. The first kappa shape index (κ1) is 30.5. The van der Waals surface area contributed by atoms with Crippen molar-refractivity contribution >= 4 is 33.7 Å². The average Bonchev–Trinajstić information content (AvgIpc) is 3.30. The SMILES string of the molecule is CC[C@@H]1C[C@H](N(Cc2cc(C(F)(F)F)cc(C(F)(F)F)c2)c2nnn(C)n2)c2nc(Br)ccc2N1C(=O)OC(C)C. The van der Waals surface area contributed by atoms with Gasteiger partial charge in [0.1, 0.15) is 4.60 Å². The molecular formula is C25H26BrF6N7O2. The van der Waals surface area contributed by atoms with Crippen molar-refractivity contribution in [2.24, 2.45) is 7.05 Å². The Labute approximate surface area is 239 Å². The van der Waals surface area contributed by atoms with Gasteiger partial charge < -0.3 is 9.64 Å². The summed E-state index contributed by atoms with van der Waals surface area (Å²) in [6.45, 7) is 4.82. The Bertz CT molecular complexity index is 1380. The van der Waals surface area contributed by atoms with Crippen LogP contribution in [-0.2, 0) is 30.7 Å². The number of aromatic nitrogens is 5. The second kappa shape index (κ2) is 11.4. The molecule has 222 valence electrons. The van der Waals surface area contributed by atoms with E-state index in [1.54, 1.807) is 26.0 Å². The minimum atomic E-state index is -5.01. The zero-order chi connectivity index (χ0) is 30.3. The fourth-order valence-electron chi connectivity index (χ4n) is 4.71. The van der Waals surface area contributed by atoms with Crippen LogP contribution < -0.4 is 9.80 Å². The third-order valence-corrected chi connectivity index (χ3v) is 6.88. The lowest BCUT2D eigenvalue weighted by atomic mass is 9.92. The molecule has 1 amide bonds. The molecule has 0 fully saturated rings. The second-order valence-corrected chi connectivity index (χ2v) is 10.6. The Morgan fingerprint density at radius 1 is 1.12 bits per heavy atom. The summed E-state index contributed by atoms with van der Waals surface area (Å²) >= 11 is 3.32. The number of tetrazole rings is 1. The molecule has 0 radical (unpaired) electrons. The number of ether oxygens (including phenoxy) is 1. The Balaban J connectivity index is 1.87. The van der Waals surface area contributed by atoms with Crippen molar-refractivity contribution in [2.45, 2.75) is 70.7 Å². The summed E-state index contributed by atoms with van der Waals surface area (Å²) in [5, 5.41) is 12.0. The van der Waals surface area contributed by atoms with Crippen LogP contribution in [0.4, 0.5) is 42.8 Å². The van der Waals surface area contributed by atoms with E-state index in [9.17, 15) is 31.1 Å². The van der Waals surface area contributed by atoms with Crippen molar-refractivity contribution < 1.29 is 35.9 Å². The van der Waals surface area contributed by atoms with Crippen LogP contribution in [0.3, 0.4) is 0 Å². The van der Waals surface area contributed by atoms with Crippen molar-refractivity contribution in [2.75, 3.05) is 9.80 Å². The number of benzene rings is 1. The van der Waals surface area contributed by atoms with Crippen molar-refractivity contribution in [3.8, 4) is 0 Å². The predicted molar refractivity (Wildman–Crippen MR) is 139 cm³/mol. The first-order chi connectivity index (χ1) is 19.1. The number of nitrogens with zero attached hydrogens (tertiary/aromatic N) is 7. The van der Waals surface area contributed by atoms with Gasteiger partial charge in [-0.3, -0.25) is 4.90 Å². The number of carbonyl (C=O) groups is 1. The van der Waals surface area contributed by atoms with Gasteiger partial charge in [0.15, 0.2) is 0 Å². The van der Waals surface area contributed by atoms with E-state index in [4.69, 9.17) is 4.74 Å². The number of pyridine rings is 1. The Hall–Kier alpha value is -3.43. The number of hydrogen-bond donors (Lipinski definition) is 0. The Morgan fingerprint density at radius 2 is 1.76 bits per heavy atom. The molecule has 0 spiro atoms. The average molecular weight is 650 g/mol. The van der Waals surface area contributed by atoms with E-state index in [0.717, 1.165) is 4.80 Å². The molecule has 0 unspecified atom stereocenters. The molecule has 0 N–H and O–H groups in total. The maximum absolute atomic E-state index is 13.6. The molecule has 41 heavy (non-hydrogen) atoms. The summed E-state index contributed by atoms with van der Waals surface area (Å²) in [6.07, 6.45) is -10.4. The summed E-state index contributed by atoms with van der Waals surface area (Å²) in [5.41, 5.74) is -2.43. The van der Waals surface area contributed by atoms with E-state index < -0.39 is 54.3 Å². The molecule has 0 saturated carbocycles. The third-order valence-electron chi connectivity index (χ3n) is 6.44. The fraction of sp³-hybridized carbons (Fsp3) is 0.480. The van der Waals surface area contributed by atoms with Crippen molar-refractivity contribution in [3.05, 3.63) is 57.3 Å². The number of carbonyl (C=O) groups excluding carboxylic acids is 1. The van der Waals surface area contributed by atoms with Gasteiger partial charge in [-0.1, -0.05) is 12.0 Å². The molecule has 2 aromatic heterocycles. The standard InChI is InChI=1S/C25H26BrF6N7O2/c1-5-17-11-19(21-18(6-7-20(26)33-21)39(17)23(40)41-13(2)3)38(22-34-36-37(4)35-22)12-14-8-15(24(27,28)29)10-16(9-14)25(30,31)32/h6-10,13,17,19H,5,11-12H2,1-4H3/t17-,19+/m1/s1. The van der Waals surface area contributed by atoms with Crippen LogP contribution in [0.1, 0.15) is 62.0 Å². The zero-order valence-corrected chi connectivity index (χ0v) is 23.9. The molecule has 9 nitrogen and oxygen atoms in total. The van der Waals surface area contributed by atoms with Crippen LogP contribution in [0.2, 0.25) is 0 Å². The highest BCUT2D eigenvalue weighted by Crippen LogP contribution is 2.44. The van der Waals surface area contributed by atoms with Gasteiger partial charge in [-0.2, -0.15) is 31.1 Å². The molecule has 1 aliphatic rings. The quantitative estimate of drug-likeness (QED) is 0.217. The molecule has 1 aliphatic heterocycles. The fourth-order valence-corrected chi connectivity index (χ4v) is 5.03. The monoisotopic (exact) mass is 649 g/mol. The van der Waals surface area contributed by atoms with Gasteiger partial charge in [-0.25, -0.2) is 9.78 Å². The molecular weight excluding hydrogens is 624 g/mol. The van der Waals surface area contributed by atoms with Crippen molar-refractivity contribution in [1.82, 2.24) is 25.2 Å².